The molecule has 8 aromatic carbocycles. The van der Waals surface area contributed by atoms with Crippen molar-refractivity contribution in [2.45, 2.75) is 41.5 Å². The lowest BCUT2D eigenvalue weighted by Gasteiger charge is -2.27. The molecule has 8 rings (SSSR count). The van der Waals surface area contributed by atoms with Crippen molar-refractivity contribution in [2.24, 2.45) is 0 Å². The van der Waals surface area contributed by atoms with E-state index in [4.69, 9.17) is 0 Å². The van der Waals surface area contributed by atoms with E-state index >= 15 is 0 Å². The molecule has 0 atom stereocenters. The Kier molecular flexibility index (Phi) is 10.9. The van der Waals surface area contributed by atoms with Gasteiger partial charge in [-0.2, -0.15) is 0 Å². The second-order valence-corrected chi connectivity index (χ2v) is 15.7. The summed E-state index contributed by atoms with van der Waals surface area (Å²) in [4.78, 5) is 4.70. The highest BCUT2D eigenvalue weighted by Gasteiger charge is 2.16. The lowest BCUT2D eigenvalue weighted by Crippen LogP contribution is -2.10. The summed E-state index contributed by atoms with van der Waals surface area (Å²) in [5, 5.41) is 0. The van der Waals surface area contributed by atoms with E-state index in [9.17, 15) is 0 Å². The third-order valence-electron chi connectivity index (χ3n) is 10.7. The Morgan fingerprint density at radius 3 is 0.862 bits per heavy atom. The molecule has 2 nitrogen and oxygen atoms in total. The van der Waals surface area contributed by atoms with Crippen LogP contribution in [0.25, 0.3) is 34.4 Å². The molecule has 284 valence electrons. The summed E-state index contributed by atoms with van der Waals surface area (Å²) < 4.78 is 0. The highest BCUT2D eigenvalue weighted by atomic mass is 15.1. The van der Waals surface area contributed by atoms with Gasteiger partial charge in [0.05, 0.1) is 0 Å². The molecule has 0 fully saturated rings. The van der Waals surface area contributed by atoms with Gasteiger partial charge in [-0.3, -0.25) is 0 Å². The minimum atomic E-state index is 1.14. The van der Waals surface area contributed by atoms with Crippen molar-refractivity contribution in [3.63, 3.8) is 0 Å². The van der Waals surface area contributed by atoms with Crippen LogP contribution in [0.5, 0.6) is 0 Å². The van der Waals surface area contributed by atoms with Gasteiger partial charge in [-0.1, -0.05) is 121 Å². The molecule has 0 aromatic heterocycles. The zero-order valence-corrected chi connectivity index (χ0v) is 34.4. The fourth-order valence-corrected chi connectivity index (χ4v) is 7.96. The van der Waals surface area contributed by atoms with Gasteiger partial charge in [-0.25, -0.2) is 0 Å². The fraction of sp³-hybridized carbons (Fsp3) is 0.107. The maximum Gasteiger partial charge on any atom is 0.0466 e. The number of hydrogen-bond donors (Lipinski definition) is 0. The van der Waals surface area contributed by atoms with Crippen LogP contribution < -0.4 is 9.80 Å². The average molecular weight is 751 g/mol. The SMILES string of the molecule is Cc1cccc(N(c2ccc(-c3ccc(C=Cc4ccc(-c5ccc(N(c6cccc(C)c6)c6cc(C)cc(C)c6)cc5)cc4)cc3)cc2)c2cc(C)cc(C)c2)c1. The van der Waals surface area contributed by atoms with Gasteiger partial charge in [0.1, 0.15) is 0 Å². The van der Waals surface area contributed by atoms with Crippen molar-refractivity contribution in [3.8, 4) is 22.3 Å². The van der Waals surface area contributed by atoms with Crippen molar-refractivity contribution >= 4 is 46.3 Å². The van der Waals surface area contributed by atoms with E-state index in [0.29, 0.717) is 0 Å². The molecule has 0 N–H and O–H groups in total. The van der Waals surface area contributed by atoms with Crippen LogP contribution >= 0.6 is 0 Å². The summed E-state index contributed by atoms with van der Waals surface area (Å²) in [7, 11) is 0. The number of nitrogens with zero attached hydrogens (tertiary/aromatic N) is 2. The third kappa shape index (κ3) is 8.73. The van der Waals surface area contributed by atoms with Crippen LogP contribution in [0.4, 0.5) is 34.1 Å². The molecule has 0 saturated carbocycles. The van der Waals surface area contributed by atoms with Crippen molar-refractivity contribution < 1.29 is 0 Å². The van der Waals surface area contributed by atoms with E-state index < -0.39 is 0 Å². The van der Waals surface area contributed by atoms with E-state index in [0.717, 1.165) is 22.7 Å². The van der Waals surface area contributed by atoms with E-state index in [1.807, 2.05) is 0 Å². The predicted octanol–water partition coefficient (Wildman–Crippen LogP) is 16.0. The maximum absolute atomic E-state index is 2.35. The van der Waals surface area contributed by atoms with Gasteiger partial charge in [0.25, 0.3) is 0 Å². The number of rotatable bonds is 10. The fourth-order valence-electron chi connectivity index (χ4n) is 7.96. The molecule has 0 saturated heterocycles. The molecule has 2 heteroatoms. The molecule has 0 bridgehead atoms. The molecule has 0 unspecified atom stereocenters. The molecule has 0 aliphatic carbocycles. The topological polar surface area (TPSA) is 6.48 Å². The zero-order chi connectivity index (χ0) is 40.2. The summed E-state index contributed by atoms with van der Waals surface area (Å²) in [5.74, 6) is 0. The van der Waals surface area contributed by atoms with Gasteiger partial charge < -0.3 is 9.80 Å². The summed E-state index contributed by atoms with van der Waals surface area (Å²) in [6.45, 7) is 13.0. The summed E-state index contributed by atoms with van der Waals surface area (Å²) >= 11 is 0. The first-order valence-corrected chi connectivity index (χ1v) is 20.1. The molecule has 58 heavy (non-hydrogen) atoms. The second kappa shape index (κ2) is 16.7. The normalized spacial score (nSPS) is 11.2. The van der Waals surface area contributed by atoms with Crippen LogP contribution in [0, 0.1) is 41.5 Å². The Morgan fingerprint density at radius 1 is 0.259 bits per heavy atom. The average Bonchev–Trinajstić information content (AvgIpc) is 3.21. The largest absolute Gasteiger partial charge is 0.310 e. The standard InChI is InChI=1S/C56H50N2/c1-39-9-7-11-53(33-39)57(55-35-41(3)31-42(4)36-55)51-27-23-49(24-28-51)47-19-15-45(16-20-47)13-14-46-17-21-48(22-18-46)50-25-29-52(30-26-50)58(54-12-8-10-40(2)34-54)56-37-43(5)32-44(6)38-56/h7-38H,1-6H3. The predicted molar refractivity (Wildman–Crippen MR) is 250 cm³/mol. The number of hydrogen-bond acceptors (Lipinski definition) is 2. The van der Waals surface area contributed by atoms with Crippen LogP contribution in [0.15, 0.2) is 182 Å². The van der Waals surface area contributed by atoms with Crippen LogP contribution in [-0.4, -0.2) is 0 Å². The highest BCUT2D eigenvalue weighted by molar-refractivity contribution is 5.81. The smallest absolute Gasteiger partial charge is 0.0466 e. The van der Waals surface area contributed by atoms with Crippen molar-refractivity contribution in [1.29, 1.82) is 0 Å². The molecule has 0 aliphatic heterocycles. The lowest BCUT2D eigenvalue weighted by atomic mass is 10.0. The first kappa shape index (κ1) is 38.0. The molecule has 8 aromatic rings. The Labute approximate surface area is 345 Å². The minimum absolute atomic E-state index is 1.14. The summed E-state index contributed by atoms with van der Waals surface area (Å²) in [6.07, 6.45) is 4.38. The van der Waals surface area contributed by atoms with E-state index in [-0.39, 0.29) is 0 Å². The Balaban J connectivity index is 0.958. The van der Waals surface area contributed by atoms with Gasteiger partial charge in [0.15, 0.2) is 0 Å². The van der Waals surface area contributed by atoms with Crippen LogP contribution in [0.2, 0.25) is 0 Å². The molecule has 0 heterocycles. The van der Waals surface area contributed by atoms with E-state index in [1.165, 1.54) is 78.1 Å². The summed E-state index contributed by atoms with van der Waals surface area (Å²) in [6, 6.07) is 66.4. The molecule has 0 radical (unpaired) electrons. The van der Waals surface area contributed by atoms with Crippen molar-refractivity contribution in [3.05, 3.63) is 226 Å². The molecular formula is C56H50N2. The first-order valence-electron chi connectivity index (χ1n) is 20.1. The first-order chi connectivity index (χ1) is 28.1. The van der Waals surface area contributed by atoms with Gasteiger partial charge >= 0.3 is 0 Å². The van der Waals surface area contributed by atoms with Gasteiger partial charge in [-0.15, -0.1) is 0 Å². The number of aryl methyl sites for hydroxylation is 6. The Bertz CT molecular complexity index is 2470. The summed E-state index contributed by atoms with van der Waals surface area (Å²) in [5.41, 5.74) is 21.6. The van der Waals surface area contributed by atoms with Gasteiger partial charge in [0, 0.05) is 34.1 Å². The van der Waals surface area contributed by atoms with Crippen LogP contribution in [0.1, 0.15) is 44.5 Å². The zero-order valence-electron chi connectivity index (χ0n) is 34.4. The maximum atomic E-state index is 2.35. The molecular weight excluding hydrogens is 701 g/mol. The Morgan fingerprint density at radius 2 is 0.552 bits per heavy atom. The van der Waals surface area contributed by atoms with Crippen molar-refractivity contribution in [2.75, 3.05) is 9.80 Å². The minimum Gasteiger partial charge on any atom is -0.310 e. The van der Waals surface area contributed by atoms with Crippen LogP contribution in [-0.2, 0) is 0 Å². The molecule has 0 aliphatic rings. The Hall–Kier alpha value is -6.90. The monoisotopic (exact) mass is 750 g/mol. The molecule has 0 amide bonds. The highest BCUT2D eigenvalue weighted by Crippen LogP contribution is 2.39. The third-order valence-corrected chi connectivity index (χ3v) is 10.7. The van der Waals surface area contributed by atoms with E-state index in [2.05, 4.69) is 245 Å². The quantitative estimate of drug-likeness (QED) is 0.128. The number of anilines is 6. The lowest BCUT2D eigenvalue weighted by molar-refractivity contribution is 1.25. The van der Waals surface area contributed by atoms with Crippen LogP contribution in [0.3, 0.4) is 0 Å². The van der Waals surface area contributed by atoms with E-state index in [1.54, 1.807) is 0 Å². The van der Waals surface area contributed by atoms with Crippen molar-refractivity contribution in [1.82, 2.24) is 0 Å². The number of benzene rings is 8. The molecule has 0 spiro atoms. The van der Waals surface area contributed by atoms with Gasteiger partial charge in [-0.05, 0) is 181 Å². The van der Waals surface area contributed by atoms with Gasteiger partial charge in [0.2, 0.25) is 0 Å². The second-order valence-electron chi connectivity index (χ2n) is 15.7.